The van der Waals surface area contributed by atoms with Gasteiger partial charge in [0.05, 0.1) is 10.2 Å². The first-order valence-electron chi connectivity index (χ1n) is 6.20. The molecule has 0 spiro atoms. The zero-order valence-corrected chi connectivity index (χ0v) is 11.5. The number of nitrogens with one attached hydrogen (secondary N) is 1. The molecule has 0 saturated carbocycles. The van der Waals surface area contributed by atoms with Gasteiger partial charge in [-0.25, -0.2) is 4.98 Å². The summed E-state index contributed by atoms with van der Waals surface area (Å²) >= 11 is 1.68. The highest BCUT2D eigenvalue weighted by atomic mass is 32.1. The lowest BCUT2D eigenvalue weighted by molar-refractivity contribution is 1.46. The number of fused-ring (bicyclic) bond motifs is 1. The number of nitrogens with two attached hydrogens (primary N) is 1. The number of hydrogen-bond acceptors (Lipinski definition) is 4. The van der Waals surface area contributed by atoms with Crippen molar-refractivity contribution in [2.24, 2.45) is 5.73 Å². The van der Waals surface area contributed by atoms with Crippen LogP contribution in [0.25, 0.3) is 26.5 Å². The number of hydrogen-bond donors (Lipinski definition) is 2. The first-order valence-corrected chi connectivity index (χ1v) is 7.02. The smallest absolute Gasteiger partial charge is 0.124 e. The fourth-order valence-electron chi connectivity index (χ4n) is 1.99. The third-order valence-electron chi connectivity index (χ3n) is 3.02. The van der Waals surface area contributed by atoms with Crippen LogP contribution < -0.4 is 5.73 Å². The van der Waals surface area contributed by atoms with E-state index in [1.54, 1.807) is 17.4 Å². The van der Waals surface area contributed by atoms with Crippen LogP contribution in [0.5, 0.6) is 0 Å². The van der Waals surface area contributed by atoms with Gasteiger partial charge >= 0.3 is 0 Å². The average molecular weight is 279 g/mol. The number of benzene rings is 2. The molecule has 2 aromatic carbocycles. The maximum atomic E-state index is 7.03. The molecule has 0 atom stereocenters. The van der Waals surface area contributed by atoms with E-state index in [2.05, 4.69) is 11.1 Å². The van der Waals surface area contributed by atoms with Crippen LogP contribution in [0, 0.1) is 5.41 Å². The van der Waals surface area contributed by atoms with E-state index >= 15 is 0 Å². The summed E-state index contributed by atoms with van der Waals surface area (Å²) in [4.78, 5) is 4.63. The van der Waals surface area contributed by atoms with Crippen molar-refractivity contribution >= 4 is 33.5 Å². The second-order valence-corrected chi connectivity index (χ2v) is 5.38. The molecule has 0 amide bonds. The minimum absolute atomic E-state index is 0.593. The Morgan fingerprint density at radius 2 is 1.85 bits per heavy atom. The zero-order valence-electron chi connectivity index (χ0n) is 10.7. The molecule has 0 radical (unpaired) electrons. The Morgan fingerprint density at radius 1 is 1.10 bits per heavy atom. The van der Waals surface area contributed by atoms with E-state index in [4.69, 9.17) is 11.1 Å². The predicted octanol–water partition coefficient (Wildman–Crippen LogP) is 3.91. The molecule has 1 aromatic heterocycles. The zero-order chi connectivity index (χ0) is 13.9. The van der Waals surface area contributed by atoms with Crippen molar-refractivity contribution in [3.63, 3.8) is 0 Å². The van der Waals surface area contributed by atoms with E-state index in [0.29, 0.717) is 5.70 Å². The minimum Gasteiger partial charge on any atom is -0.398 e. The van der Waals surface area contributed by atoms with Gasteiger partial charge in [0.1, 0.15) is 5.01 Å². The van der Waals surface area contributed by atoms with Crippen molar-refractivity contribution in [3.8, 4) is 10.6 Å². The highest BCUT2D eigenvalue weighted by Crippen LogP contribution is 2.30. The summed E-state index contributed by atoms with van der Waals surface area (Å²) in [5.74, 6) is 0. The Balaban J connectivity index is 1.98. The number of thiazole rings is 1. The Morgan fingerprint density at radius 3 is 2.55 bits per heavy atom. The van der Waals surface area contributed by atoms with Gasteiger partial charge in [0.25, 0.3) is 0 Å². The number of para-hydroxylation sites is 1. The van der Waals surface area contributed by atoms with E-state index in [1.807, 2.05) is 42.5 Å². The van der Waals surface area contributed by atoms with Crippen LogP contribution >= 0.6 is 11.3 Å². The van der Waals surface area contributed by atoms with Gasteiger partial charge in [-0.15, -0.1) is 11.3 Å². The Labute approximate surface area is 120 Å². The van der Waals surface area contributed by atoms with E-state index < -0.39 is 0 Å². The van der Waals surface area contributed by atoms with Gasteiger partial charge in [0.15, 0.2) is 0 Å². The van der Waals surface area contributed by atoms with Crippen molar-refractivity contribution in [1.82, 2.24) is 4.98 Å². The molecule has 0 aliphatic carbocycles. The molecular weight excluding hydrogens is 266 g/mol. The standard InChI is InChI=1S/C16H13N3S/c17-10-9-13(18)11-5-7-12(8-6-11)16-19-14-3-1-2-4-15(14)20-16/h1-10,17H,18H2. The Hall–Kier alpha value is -2.46. The summed E-state index contributed by atoms with van der Waals surface area (Å²) in [5, 5.41) is 8.04. The topological polar surface area (TPSA) is 62.8 Å². The summed E-state index contributed by atoms with van der Waals surface area (Å²) < 4.78 is 1.19. The average Bonchev–Trinajstić information content (AvgIpc) is 2.91. The van der Waals surface area contributed by atoms with Crippen molar-refractivity contribution in [3.05, 3.63) is 60.2 Å². The molecule has 3 nitrogen and oxygen atoms in total. The lowest BCUT2D eigenvalue weighted by Crippen LogP contribution is -1.96. The van der Waals surface area contributed by atoms with Crippen LogP contribution in [0.15, 0.2) is 54.6 Å². The van der Waals surface area contributed by atoms with Gasteiger partial charge in [-0.05, 0) is 23.8 Å². The molecule has 3 rings (SSSR count). The summed E-state index contributed by atoms with van der Waals surface area (Å²) in [5.41, 5.74) is 9.47. The van der Waals surface area contributed by atoms with Gasteiger partial charge in [-0.3, -0.25) is 0 Å². The summed E-state index contributed by atoms with van der Waals surface area (Å²) in [6.07, 6.45) is 2.77. The SMILES string of the molecule is N=CC=C(N)c1ccc(-c2nc3ccccc3s2)cc1. The molecule has 3 N–H and O–H groups in total. The third kappa shape index (κ3) is 2.33. The van der Waals surface area contributed by atoms with Gasteiger partial charge < -0.3 is 11.1 Å². The molecule has 4 heteroatoms. The molecule has 0 bridgehead atoms. The number of nitrogens with zero attached hydrogens (tertiary/aromatic N) is 1. The Bertz CT molecular complexity index is 752. The molecule has 1 heterocycles. The van der Waals surface area contributed by atoms with Crippen LogP contribution in [0.2, 0.25) is 0 Å². The van der Waals surface area contributed by atoms with E-state index in [0.717, 1.165) is 21.7 Å². The quantitative estimate of drug-likeness (QED) is 0.714. The fraction of sp³-hybridized carbons (Fsp3) is 0. The van der Waals surface area contributed by atoms with E-state index in [-0.39, 0.29) is 0 Å². The van der Waals surface area contributed by atoms with Crippen molar-refractivity contribution in [2.75, 3.05) is 0 Å². The summed E-state index contributed by atoms with van der Waals surface area (Å²) in [7, 11) is 0. The lowest BCUT2D eigenvalue weighted by Gasteiger charge is -2.01. The van der Waals surface area contributed by atoms with E-state index in [9.17, 15) is 0 Å². The number of aromatic nitrogens is 1. The highest BCUT2D eigenvalue weighted by Gasteiger charge is 2.06. The normalized spacial score (nSPS) is 11.7. The maximum absolute atomic E-state index is 7.03. The molecule has 98 valence electrons. The van der Waals surface area contributed by atoms with Crippen LogP contribution in [0.3, 0.4) is 0 Å². The first kappa shape index (κ1) is 12.6. The molecule has 0 aliphatic heterocycles. The molecule has 0 fully saturated rings. The van der Waals surface area contributed by atoms with E-state index in [1.165, 1.54) is 10.9 Å². The van der Waals surface area contributed by atoms with Crippen LogP contribution in [-0.2, 0) is 0 Å². The Kier molecular flexibility index (Phi) is 3.31. The molecule has 0 unspecified atom stereocenters. The fourth-order valence-corrected chi connectivity index (χ4v) is 2.96. The van der Waals surface area contributed by atoms with Crippen LogP contribution in [0.4, 0.5) is 0 Å². The number of rotatable bonds is 3. The van der Waals surface area contributed by atoms with Crippen LogP contribution in [-0.4, -0.2) is 11.2 Å². The first-order chi connectivity index (χ1) is 9.78. The lowest BCUT2D eigenvalue weighted by atomic mass is 10.1. The van der Waals surface area contributed by atoms with Gasteiger partial charge in [0.2, 0.25) is 0 Å². The number of allylic oxidation sites excluding steroid dienone is 1. The molecule has 0 aliphatic rings. The monoisotopic (exact) mass is 279 g/mol. The second kappa shape index (κ2) is 5.27. The van der Waals surface area contributed by atoms with Crippen molar-refractivity contribution < 1.29 is 0 Å². The maximum Gasteiger partial charge on any atom is 0.124 e. The molecule has 3 aromatic rings. The largest absolute Gasteiger partial charge is 0.398 e. The summed E-state index contributed by atoms with van der Waals surface area (Å²) in [6, 6.07) is 16.1. The predicted molar refractivity (Wildman–Crippen MR) is 86.0 cm³/mol. The third-order valence-corrected chi connectivity index (χ3v) is 4.11. The van der Waals surface area contributed by atoms with Crippen LogP contribution in [0.1, 0.15) is 5.56 Å². The van der Waals surface area contributed by atoms with Crippen molar-refractivity contribution in [2.45, 2.75) is 0 Å². The van der Waals surface area contributed by atoms with Gasteiger partial charge in [0, 0.05) is 17.5 Å². The van der Waals surface area contributed by atoms with Gasteiger partial charge in [-0.2, -0.15) is 0 Å². The highest BCUT2D eigenvalue weighted by molar-refractivity contribution is 7.21. The molecule has 20 heavy (non-hydrogen) atoms. The molecule has 0 saturated heterocycles. The summed E-state index contributed by atoms with van der Waals surface area (Å²) in [6.45, 7) is 0. The van der Waals surface area contributed by atoms with Crippen molar-refractivity contribution in [1.29, 1.82) is 5.41 Å². The minimum atomic E-state index is 0.593. The second-order valence-electron chi connectivity index (χ2n) is 4.35. The van der Waals surface area contributed by atoms with Gasteiger partial charge in [-0.1, -0.05) is 36.4 Å². The molecular formula is C16H13N3S.